The number of thioether (sulfide) groups is 1. The second-order valence-electron chi connectivity index (χ2n) is 9.31. The Bertz CT molecular complexity index is 1430. The van der Waals surface area contributed by atoms with Gasteiger partial charge in [0.1, 0.15) is 24.4 Å². The number of nitrogens with one attached hydrogen (secondary N) is 2. The molecule has 1 aliphatic rings. The highest BCUT2D eigenvalue weighted by molar-refractivity contribution is 8.03. The Balaban J connectivity index is 2.12. The molecule has 1 aliphatic heterocycles. The van der Waals surface area contributed by atoms with E-state index in [0.29, 0.717) is 11.4 Å². The van der Waals surface area contributed by atoms with Crippen molar-refractivity contribution in [3.63, 3.8) is 0 Å². The molecule has 0 aromatic heterocycles. The molecule has 0 aliphatic carbocycles. The van der Waals surface area contributed by atoms with E-state index in [4.69, 9.17) is 23.7 Å². The van der Waals surface area contributed by atoms with Crippen LogP contribution in [0.25, 0.3) is 0 Å². The summed E-state index contributed by atoms with van der Waals surface area (Å²) < 4.78 is 27.7. The van der Waals surface area contributed by atoms with Gasteiger partial charge in [0.15, 0.2) is 23.7 Å². The van der Waals surface area contributed by atoms with Gasteiger partial charge in [0.2, 0.25) is 0 Å². The molecule has 0 saturated carbocycles. The molecule has 44 heavy (non-hydrogen) atoms. The molecule has 1 fully saturated rings. The average Bonchev–Trinajstić information content (AvgIpc) is 2.95. The van der Waals surface area contributed by atoms with Gasteiger partial charge in [-0.25, -0.2) is 0 Å². The molecule has 0 bridgehead atoms. The van der Waals surface area contributed by atoms with E-state index in [-0.39, 0.29) is 10.6 Å². The Morgan fingerprint density at radius 1 is 0.750 bits per heavy atom. The Kier molecular flexibility index (Phi) is 12.3. The van der Waals surface area contributed by atoms with Crippen LogP contribution in [0, 0.1) is 11.3 Å². The summed E-state index contributed by atoms with van der Waals surface area (Å²) in [5.41, 5.74) is -0.701. The summed E-state index contributed by atoms with van der Waals surface area (Å²) in [7, 11) is 0. The highest BCUT2D eigenvalue weighted by Crippen LogP contribution is 2.38. The number of anilines is 2. The SMILES string of the molecule is CC(=O)OC[C@H]1O[C@@H](S/C(Nc2ccccc2)=C(\C#N)C(=O)Nc2ccccc2)[C@H](OC(C)=O)[C@@H](OC(C)=O)[C@@H]1OC(C)=O. The lowest BCUT2D eigenvalue weighted by Crippen LogP contribution is -2.61. The third-order valence-corrected chi connectivity index (χ3v) is 6.96. The first-order chi connectivity index (χ1) is 21.0. The van der Waals surface area contributed by atoms with Crippen molar-refractivity contribution in [1.82, 2.24) is 0 Å². The van der Waals surface area contributed by atoms with Crippen molar-refractivity contribution in [3.05, 3.63) is 71.3 Å². The van der Waals surface area contributed by atoms with Gasteiger partial charge < -0.3 is 34.3 Å². The summed E-state index contributed by atoms with van der Waals surface area (Å²) in [6, 6.07) is 19.0. The second kappa shape index (κ2) is 16.1. The zero-order chi connectivity index (χ0) is 32.2. The molecule has 0 unspecified atom stereocenters. The lowest BCUT2D eigenvalue weighted by atomic mass is 9.99. The molecule has 13 nitrogen and oxygen atoms in total. The predicted octanol–water partition coefficient (Wildman–Crippen LogP) is 3.29. The molecular formula is C30H31N3O10S. The van der Waals surface area contributed by atoms with Crippen LogP contribution in [0.3, 0.4) is 0 Å². The number of carbonyl (C=O) groups is 5. The molecule has 232 valence electrons. The largest absolute Gasteiger partial charge is 0.463 e. The minimum absolute atomic E-state index is 0.00645. The van der Waals surface area contributed by atoms with Gasteiger partial charge in [0.05, 0.1) is 5.03 Å². The van der Waals surface area contributed by atoms with E-state index in [1.165, 1.54) is 0 Å². The zero-order valence-corrected chi connectivity index (χ0v) is 25.1. The summed E-state index contributed by atoms with van der Waals surface area (Å²) in [4.78, 5) is 61.5. The Morgan fingerprint density at radius 3 is 1.75 bits per heavy atom. The number of amides is 1. The highest BCUT2D eigenvalue weighted by Gasteiger charge is 2.53. The predicted molar refractivity (Wildman–Crippen MR) is 157 cm³/mol. The van der Waals surface area contributed by atoms with Crippen LogP contribution in [0.15, 0.2) is 71.3 Å². The smallest absolute Gasteiger partial charge is 0.303 e. The number of ether oxygens (including phenoxy) is 5. The monoisotopic (exact) mass is 625 g/mol. The van der Waals surface area contributed by atoms with Gasteiger partial charge >= 0.3 is 23.9 Å². The summed E-state index contributed by atoms with van der Waals surface area (Å²) in [5.74, 6) is -3.77. The van der Waals surface area contributed by atoms with E-state index in [1.807, 2.05) is 6.07 Å². The van der Waals surface area contributed by atoms with Crippen LogP contribution < -0.4 is 10.6 Å². The number of esters is 4. The van der Waals surface area contributed by atoms with Crippen molar-refractivity contribution in [2.45, 2.75) is 57.5 Å². The molecule has 2 N–H and O–H groups in total. The first-order valence-corrected chi connectivity index (χ1v) is 14.2. The van der Waals surface area contributed by atoms with Crippen molar-refractivity contribution in [2.24, 2.45) is 0 Å². The Hall–Kier alpha value is -4.87. The van der Waals surface area contributed by atoms with Crippen molar-refractivity contribution < 1.29 is 47.7 Å². The standard InChI is InChI=1S/C30H31N3O10S/c1-17(34)39-16-24-25(40-18(2)35)26(41-19(3)36)27(42-20(4)37)30(43-24)44-29(33-22-13-9-6-10-14-22)23(15-31)28(38)32-21-11-7-5-8-12-21/h5-14,24-27,30,33H,16H2,1-4H3,(H,32,38)/b29-23+/t24-,25-,26+,27-,30+/m1/s1. The Morgan fingerprint density at radius 2 is 1.25 bits per heavy atom. The lowest BCUT2D eigenvalue weighted by Gasteiger charge is -2.44. The fourth-order valence-electron chi connectivity index (χ4n) is 4.12. The number of benzene rings is 2. The molecule has 1 amide bonds. The molecule has 1 saturated heterocycles. The van der Waals surface area contributed by atoms with Gasteiger partial charge in [-0.05, 0) is 24.3 Å². The van der Waals surface area contributed by atoms with E-state index in [1.54, 1.807) is 60.7 Å². The van der Waals surface area contributed by atoms with Crippen molar-refractivity contribution in [3.8, 4) is 6.07 Å². The van der Waals surface area contributed by atoms with Gasteiger partial charge in [0, 0.05) is 39.1 Å². The minimum atomic E-state index is -1.42. The summed E-state index contributed by atoms with van der Waals surface area (Å²) in [6.45, 7) is 4.07. The third-order valence-electron chi connectivity index (χ3n) is 5.81. The van der Waals surface area contributed by atoms with E-state index < -0.39 is 66.2 Å². The van der Waals surface area contributed by atoms with Gasteiger partial charge in [0.25, 0.3) is 5.91 Å². The number of hydrogen-bond donors (Lipinski definition) is 2. The van der Waals surface area contributed by atoms with Gasteiger partial charge in [-0.15, -0.1) is 0 Å². The molecule has 0 spiro atoms. The van der Waals surface area contributed by atoms with Crippen molar-refractivity contribution in [2.75, 3.05) is 17.2 Å². The first kappa shape index (κ1) is 33.6. The van der Waals surface area contributed by atoms with Crippen LogP contribution in [0.1, 0.15) is 27.7 Å². The van der Waals surface area contributed by atoms with E-state index >= 15 is 0 Å². The van der Waals surface area contributed by atoms with Gasteiger partial charge in [-0.3, -0.25) is 24.0 Å². The number of hydrogen-bond acceptors (Lipinski definition) is 13. The fraction of sp³-hybridized carbons (Fsp3) is 0.333. The normalized spacial score (nSPS) is 21.4. The van der Waals surface area contributed by atoms with Crippen LogP contribution in [0.5, 0.6) is 0 Å². The summed E-state index contributed by atoms with van der Waals surface area (Å²) in [5, 5.41) is 15.8. The number of rotatable bonds is 11. The maximum absolute atomic E-state index is 13.3. The molecule has 2 aromatic carbocycles. The number of para-hydroxylation sites is 2. The molecule has 1 heterocycles. The van der Waals surface area contributed by atoms with Crippen molar-refractivity contribution >= 4 is 52.9 Å². The van der Waals surface area contributed by atoms with Crippen LogP contribution in [0.4, 0.5) is 11.4 Å². The van der Waals surface area contributed by atoms with Crippen LogP contribution in [-0.2, 0) is 47.7 Å². The quantitative estimate of drug-likeness (QED) is 0.161. The maximum atomic E-state index is 13.3. The fourth-order valence-corrected chi connectivity index (χ4v) is 5.33. The second-order valence-corrected chi connectivity index (χ2v) is 10.4. The number of carbonyl (C=O) groups excluding carboxylic acids is 5. The minimum Gasteiger partial charge on any atom is -0.463 e. The van der Waals surface area contributed by atoms with E-state index in [2.05, 4.69) is 10.6 Å². The molecule has 0 radical (unpaired) electrons. The van der Waals surface area contributed by atoms with Gasteiger partial charge in [-0.1, -0.05) is 48.2 Å². The number of nitriles is 1. The molecular weight excluding hydrogens is 594 g/mol. The summed E-state index contributed by atoms with van der Waals surface area (Å²) >= 11 is 0.785. The van der Waals surface area contributed by atoms with Crippen molar-refractivity contribution in [1.29, 1.82) is 5.26 Å². The molecule has 3 rings (SSSR count). The topological polar surface area (TPSA) is 179 Å². The summed E-state index contributed by atoms with van der Waals surface area (Å²) in [6.07, 6.45) is -5.40. The van der Waals surface area contributed by atoms with E-state index in [0.717, 1.165) is 39.5 Å². The maximum Gasteiger partial charge on any atom is 0.303 e. The van der Waals surface area contributed by atoms with Crippen LogP contribution in [-0.4, -0.2) is 66.2 Å². The lowest BCUT2D eigenvalue weighted by molar-refractivity contribution is -0.237. The van der Waals surface area contributed by atoms with Crippen LogP contribution >= 0.6 is 11.8 Å². The third kappa shape index (κ3) is 9.85. The Labute approximate surface area is 257 Å². The average molecular weight is 626 g/mol. The zero-order valence-electron chi connectivity index (χ0n) is 24.3. The molecule has 2 aromatic rings. The highest BCUT2D eigenvalue weighted by atomic mass is 32.2. The van der Waals surface area contributed by atoms with E-state index in [9.17, 15) is 29.2 Å². The van der Waals surface area contributed by atoms with Crippen LogP contribution in [0.2, 0.25) is 0 Å². The number of nitrogens with zero attached hydrogens (tertiary/aromatic N) is 1. The molecule has 14 heteroatoms. The van der Waals surface area contributed by atoms with Gasteiger partial charge in [-0.2, -0.15) is 5.26 Å². The first-order valence-electron chi connectivity index (χ1n) is 13.3. The molecule has 5 atom stereocenters.